The van der Waals surface area contributed by atoms with Crippen LogP contribution in [0, 0.1) is 18.8 Å². The first-order valence-electron chi connectivity index (χ1n) is 10.5. The Balaban J connectivity index is 1.34. The number of benzene rings is 1. The molecular formula is C20H21ClF3N7O2. The van der Waals surface area contributed by atoms with Crippen molar-refractivity contribution in [3.63, 3.8) is 0 Å². The fourth-order valence-corrected chi connectivity index (χ4v) is 4.73. The lowest BCUT2D eigenvalue weighted by Crippen LogP contribution is -2.48. The van der Waals surface area contributed by atoms with Crippen LogP contribution in [0.2, 0.25) is 5.02 Å². The number of hydrogen-bond donors (Lipinski definition) is 1. The third-order valence-electron chi connectivity index (χ3n) is 5.89. The molecule has 0 amide bonds. The minimum absolute atomic E-state index is 0.0195. The molecule has 3 aromatic rings. The summed E-state index contributed by atoms with van der Waals surface area (Å²) in [5.74, 6) is 1.35. The molecule has 13 heteroatoms. The summed E-state index contributed by atoms with van der Waals surface area (Å²) in [6.45, 7) is 1.82. The summed E-state index contributed by atoms with van der Waals surface area (Å²) in [7, 11) is 0. The molecule has 2 unspecified atom stereocenters. The molecule has 1 aliphatic heterocycles. The number of fused-ring (bicyclic) bond motifs is 2. The molecule has 33 heavy (non-hydrogen) atoms. The topological polar surface area (TPSA) is 94.1 Å². The number of ether oxygens (including phenoxy) is 1. The molecule has 2 aliphatic rings. The van der Waals surface area contributed by atoms with Crippen LogP contribution in [0.5, 0.6) is 11.8 Å². The number of halogens is 4. The molecule has 1 aliphatic carbocycles. The molecule has 1 N–H and O–H groups in total. The molecule has 1 aromatic carbocycles. The number of rotatable bonds is 6. The van der Waals surface area contributed by atoms with E-state index in [1.165, 1.54) is 6.07 Å². The van der Waals surface area contributed by atoms with Crippen LogP contribution in [0.1, 0.15) is 18.7 Å². The number of piperidine rings is 1. The summed E-state index contributed by atoms with van der Waals surface area (Å²) in [6, 6.07) is 6.61. The van der Waals surface area contributed by atoms with Crippen LogP contribution >= 0.6 is 11.6 Å². The SMILES string of the molecule is Cc1nnc(N2CC3CCC(C2)C3Nc2nc(Oc3cccc(Cl)c3)n(CC(F)(F)F)n2)o1. The molecule has 2 bridgehead atoms. The fraction of sp³-hybridized carbons (Fsp3) is 0.500. The first kappa shape index (κ1) is 21.8. The number of alkyl halides is 3. The van der Waals surface area contributed by atoms with Crippen molar-refractivity contribution >= 4 is 23.6 Å². The van der Waals surface area contributed by atoms with E-state index in [1.54, 1.807) is 25.1 Å². The van der Waals surface area contributed by atoms with Gasteiger partial charge in [-0.2, -0.15) is 18.2 Å². The monoisotopic (exact) mass is 483 g/mol. The molecule has 1 saturated carbocycles. The molecule has 0 spiro atoms. The predicted octanol–water partition coefficient (Wildman–Crippen LogP) is 4.30. The Morgan fingerprint density at radius 3 is 2.61 bits per heavy atom. The van der Waals surface area contributed by atoms with Crippen LogP contribution < -0.4 is 15.0 Å². The van der Waals surface area contributed by atoms with Gasteiger partial charge in [0.2, 0.25) is 11.8 Å². The highest BCUT2D eigenvalue weighted by Crippen LogP contribution is 2.40. The highest BCUT2D eigenvalue weighted by Gasteiger charge is 2.44. The smallest absolute Gasteiger partial charge is 0.408 e. The van der Waals surface area contributed by atoms with Gasteiger partial charge in [0.05, 0.1) is 0 Å². The van der Waals surface area contributed by atoms with Crippen molar-refractivity contribution in [3.05, 3.63) is 35.2 Å². The van der Waals surface area contributed by atoms with Gasteiger partial charge in [0.15, 0.2) is 0 Å². The van der Waals surface area contributed by atoms with Crippen LogP contribution in [0.25, 0.3) is 0 Å². The second-order valence-electron chi connectivity index (χ2n) is 8.33. The standard InChI is InChI=1S/C20H21ClF3N7O2/c1-11-27-28-19(32-11)30-8-12-5-6-13(9-30)16(12)25-17-26-18(31(29-17)10-20(22,23)24)33-15-4-2-3-14(21)7-15/h2-4,7,12-13,16H,5-6,8-10H2,1H3,(H,25,29). The van der Waals surface area contributed by atoms with Gasteiger partial charge < -0.3 is 19.4 Å². The molecule has 2 fully saturated rings. The van der Waals surface area contributed by atoms with Crippen molar-refractivity contribution in [2.45, 2.75) is 38.5 Å². The van der Waals surface area contributed by atoms with Gasteiger partial charge in [-0.1, -0.05) is 22.8 Å². The summed E-state index contributed by atoms with van der Waals surface area (Å²) in [4.78, 5) is 6.27. The van der Waals surface area contributed by atoms with Gasteiger partial charge in [-0.3, -0.25) is 0 Å². The van der Waals surface area contributed by atoms with Crippen molar-refractivity contribution in [3.8, 4) is 11.8 Å². The quantitative estimate of drug-likeness (QED) is 0.554. The molecule has 2 atom stereocenters. The van der Waals surface area contributed by atoms with Gasteiger partial charge in [-0.25, -0.2) is 4.68 Å². The molecule has 5 rings (SSSR count). The summed E-state index contributed by atoms with van der Waals surface area (Å²) < 4.78 is 51.2. The van der Waals surface area contributed by atoms with E-state index in [2.05, 4.69) is 30.5 Å². The second-order valence-corrected chi connectivity index (χ2v) is 8.76. The number of nitrogens with one attached hydrogen (secondary N) is 1. The summed E-state index contributed by atoms with van der Waals surface area (Å²) in [5.41, 5.74) is 0. The first-order valence-corrected chi connectivity index (χ1v) is 10.9. The Morgan fingerprint density at radius 2 is 1.97 bits per heavy atom. The minimum atomic E-state index is -4.48. The van der Waals surface area contributed by atoms with Gasteiger partial charge in [-0.05, 0) is 42.9 Å². The van der Waals surface area contributed by atoms with Crippen LogP contribution in [-0.4, -0.2) is 50.3 Å². The highest BCUT2D eigenvalue weighted by atomic mass is 35.5. The van der Waals surface area contributed by atoms with Crippen LogP contribution in [-0.2, 0) is 6.54 Å². The lowest BCUT2D eigenvalue weighted by molar-refractivity contribution is -0.143. The van der Waals surface area contributed by atoms with Crippen LogP contribution in [0.15, 0.2) is 28.7 Å². The van der Waals surface area contributed by atoms with Gasteiger partial charge in [-0.15, -0.1) is 10.2 Å². The third-order valence-corrected chi connectivity index (χ3v) is 6.12. The fourth-order valence-electron chi connectivity index (χ4n) is 4.55. The Hall–Kier alpha value is -3.02. The molecule has 0 radical (unpaired) electrons. The number of nitrogens with zero attached hydrogens (tertiary/aromatic N) is 6. The number of aromatic nitrogens is 5. The zero-order chi connectivity index (χ0) is 23.2. The summed E-state index contributed by atoms with van der Waals surface area (Å²) >= 11 is 5.95. The van der Waals surface area contributed by atoms with E-state index in [-0.39, 0.29) is 35.6 Å². The lowest BCUT2D eigenvalue weighted by atomic mass is 9.92. The molecule has 2 aromatic heterocycles. The average Bonchev–Trinajstić information content (AvgIpc) is 3.37. The van der Waals surface area contributed by atoms with E-state index < -0.39 is 12.7 Å². The Morgan fingerprint density at radius 1 is 1.21 bits per heavy atom. The number of aryl methyl sites for hydroxylation is 1. The normalized spacial score (nSPS) is 22.6. The maximum atomic E-state index is 13.1. The van der Waals surface area contributed by atoms with Crippen molar-refractivity contribution < 1.29 is 22.3 Å². The van der Waals surface area contributed by atoms with Crippen LogP contribution in [0.4, 0.5) is 25.1 Å². The number of hydrogen-bond acceptors (Lipinski definition) is 8. The average molecular weight is 484 g/mol. The molecular weight excluding hydrogens is 463 g/mol. The summed E-state index contributed by atoms with van der Waals surface area (Å²) in [6.07, 6.45) is -2.54. The molecule has 1 saturated heterocycles. The minimum Gasteiger partial charge on any atom is -0.424 e. The van der Waals surface area contributed by atoms with E-state index in [9.17, 15) is 13.2 Å². The first-order chi connectivity index (χ1) is 15.7. The molecule has 3 heterocycles. The molecule has 176 valence electrons. The van der Waals surface area contributed by atoms with E-state index in [4.69, 9.17) is 20.8 Å². The maximum Gasteiger partial charge on any atom is 0.408 e. The predicted molar refractivity (Wildman–Crippen MR) is 112 cm³/mol. The number of anilines is 2. The maximum absolute atomic E-state index is 13.1. The summed E-state index contributed by atoms with van der Waals surface area (Å²) in [5, 5.41) is 15.7. The van der Waals surface area contributed by atoms with E-state index in [0.29, 0.717) is 34.7 Å². The zero-order valence-corrected chi connectivity index (χ0v) is 18.3. The van der Waals surface area contributed by atoms with Crippen molar-refractivity contribution in [1.29, 1.82) is 0 Å². The van der Waals surface area contributed by atoms with Gasteiger partial charge in [0.1, 0.15) is 12.3 Å². The van der Waals surface area contributed by atoms with Gasteiger partial charge in [0.25, 0.3) is 0 Å². The third kappa shape index (κ3) is 4.85. The molecule has 9 nitrogen and oxygen atoms in total. The van der Waals surface area contributed by atoms with Gasteiger partial charge >= 0.3 is 18.2 Å². The largest absolute Gasteiger partial charge is 0.424 e. The Bertz CT molecular complexity index is 1120. The highest BCUT2D eigenvalue weighted by molar-refractivity contribution is 6.30. The van der Waals surface area contributed by atoms with E-state index in [1.807, 2.05) is 0 Å². The zero-order valence-electron chi connectivity index (χ0n) is 17.6. The van der Waals surface area contributed by atoms with Gasteiger partial charge in [0, 0.05) is 31.1 Å². The Labute approximate surface area is 191 Å². The lowest BCUT2D eigenvalue weighted by Gasteiger charge is -2.37. The Kier molecular flexibility index (Phi) is 5.55. The van der Waals surface area contributed by atoms with Crippen molar-refractivity contribution in [2.24, 2.45) is 11.8 Å². The van der Waals surface area contributed by atoms with Crippen LogP contribution in [0.3, 0.4) is 0 Å². The van der Waals surface area contributed by atoms with E-state index in [0.717, 1.165) is 12.8 Å². The second kappa shape index (κ2) is 8.40. The van der Waals surface area contributed by atoms with E-state index >= 15 is 0 Å². The van der Waals surface area contributed by atoms with Crippen molar-refractivity contribution in [1.82, 2.24) is 25.0 Å². The van der Waals surface area contributed by atoms with Crippen molar-refractivity contribution in [2.75, 3.05) is 23.3 Å².